The van der Waals surface area contributed by atoms with Gasteiger partial charge in [0.05, 0.1) is 12.6 Å². The van der Waals surface area contributed by atoms with Crippen molar-refractivity contribution in [3.8, 4) is 0 Å². The third-order valence-electron chi connectivity index (χ3n) is 3.56. The molecule has 0 bridgehead atoms. The van der Waals surface area contributed by atoms with E-state index >= 15 is 0 Å². The standard InChI is InChI=1S/C15H19NO5/c1-20-10-12-7-8-13(14(17)18)16(12)15(19)21-9-11-5-3-2-4-6-11/h2-6,12-13H,7-10H2,1H3,(H,17,18)/t12-,13-/m0/s1. The lowest BCUT2D eigenvalue weighted by Crippen LogP contribution is -2.46. The highest BCUT2D eigenvalue weighted by atomic mass is 16.6. The van der Waals surface area contributed by atoms with E-state index in [1.807, 2.05) is 30.3 Å². The number of carbonyl (C=O) groups is 2. The smallest absolute Gasteiger partial charge is 0.411 e. The second-order valence-corrected chi connectivity index (χ2v) is 4.99. The molecule has 1 aliphatic heterocycles. The Morgan fingerprint density at radius 3 is 2.62 bits per heavy atom. The number of nitrogens with zero attached hydrogens (tertiary/aromatic N) is 1. The predicted octanol–water partition coefficient (Wildman–Crippen LogP) is 1.89. The van der Waals surface area contributed by atoms with Crippen LogP contribution in [-0.2, 0) is 20.9 Å². The maximum absolute atomic E-state index is 12.2. The summed E-state index contributed by atoms with van der Waals surface area (Å²) in [7, 11) is 1.53. The summed E-state index contributed by atoms with van der Waals surface area (Å²) >= 11 is 0. The van der Waals surface area contributed by atoms with Gasteiger partial charge in [-0.05, 0) is 18.4 Å². The van der Waals surface area contributed by atoms with Gasteiger partial charge < -0.3 is 14.6 Å². The molecule has 1 heterocycles. The Morgan fingerprint density at radius 2 is 2.00 bits per heavy atom. The Morgan fingerprint density at radius 1 is 1.29 bits per heavy atom. The first-order valence-corrected chi connectivity index (χ1v) is 6.84. The van der Waals surface area contributed by atoms with Gasteiger partial charge in [-0.3, -0.25) is 4.90 Å². The lowest BCUT2D eigenvalue weighted by molar-refractivity contribution is -0.142. The third-order valence-corrected chi connectivity index (χ3v) is 3.56. The minimum atomic E-state index is -1.01. The number of hydrogen-bond acceptors (Lipinski definition) is 4. The van der Waals surface area contributed by atoms with Crippen molar-refractivity contribution in [2.45, 2.75) is 31.5 Å². The molecule has 1 fully saturated rings. The molecule has 1 N–H and O–H groups in total. The van der Waals surface area contributed by atoms with E-state index in [1.54, 1.807) is 0 Å². The van der Waals surface area contributed by atoms with Crippen molar-refractivity contribution >= 4 is 12.1 Å². The molecular weight excluding hydrogens is 274 g/mol. The molecule has 0 radical (unpaired) electrons. The van der Waals surface area contributed by atoms with Gasteiger partial charge in [0.25, 0.3) is 0 Å². The van der Waals surface area contributed by atoms with E-state index in [4.69, 9.17) is 9.47 Å². The third kappa shape index (κ3) is 3.72. The molecule has 1 aromatic carbocycles. The fourth-order valence-corrected chi connectivity index (χ4v) is 2.55. The normalized spacial score (nSPS) is 21.3. The molecule has 6 nitrogen and oxygen atoms in total. The van der Waals surface area contributed by atoms with Crippen LogP contribution in [0.3, 0.4) is 0 Å². The molecular formula is C15H19NO5. The molecule has 2 rings (SSSR count). The molecule has 21 heavy (non-hydrogen) atoms. The first-order chi connectivity index (χ1) is 10.1. The highest BCUT2D eigenvalue weighted by Crippen LogP contribution is 2.26. The lowest BCUT2D eigenvalue weighted by Gasteiger charge is -2.27. The number of carbonyl (C=O) groups excluding carboxylic acids is 1. The van der Waals surface area contributed by atoms with E-state index in [-0.39, 0.29) is 12.6 Å². The maximum Gasteiger partial charge on any atom is 0.411 e. The minimum Gasteiger partial charge on any atom is -0.480 e. The Balaban J connectivity index is 2.01. The summed E-state index contributed by atoms with van der Waals surface area (Å²) in [6.45, 7) is 0.437. The monoisotopic (exact) mass is 293 g/mol. The van der Waals surface area contributed by atoms with Crippen LogP contribution in [0.15, 0.2) is 30.3 Å². The first-order valence-electron chi connectivity index (χ1n) is 6.84. The second-order valence-electron chi connectivity index (χ2n) is 4.99. The number of likely N-dealkylation sites (tertiary alicyclic amines) is 1. The number of carboxylic acids is 1. The van der Waals surface area contributed by atoms with Gasteiger partial charge in [0.1, 0.15) is 12.6 Å². The molecule has 0 saturated carbocycles. The highest BCUT2D eigenvalue weighted by Gasteiger charge is 2.41. The zero-order chi connectivity index (χ0) is 15.2. The first kappa shape index (κ1) is 15.3. The van der Waals surface area contributed by atoms with Crippen molar-refractivity contribution in [3.05, 3.63) is 35.9 Å². The summed E-state index contributed by atoms with van der Waals surface area (Å²) in [5, 5.41) is 9.21. The van der Waals surface area contributed by atoms with Crippen LogP contribution in [0.1, 0.15) is 18.4 Å². The number of benzene rings is 1. The van der Waals surface area contributed by atoms with E-state index in [0.29, 0.717) is 19.4 Å². The van der Waals surface area contributed by atoms with Crippen LogP contribution in [0.25, 0.3) is 0 Å². The number of carboxylic acid groups (broad SMARTS) is 1. The maximum atomic E-state index is 12.2. The molecule has 0 aliphatic carbocycles. The van der Waals surface area contributed by atoms with Crippen LogP contribution in [0.5, 0.6) is 0 Å². The van der Waals surface area contributed by atoms with Crippen LogP contribution in [-0.4, -0.2) is 47.9 Å². The van der Waals surface area contributed by atoms with E-state index in [2.05, 4.69) is 0 Å². The average Bonchev–Trinajstić information content (AvgIpc) is 2.90. The summed E-state index contributed by atoms with van der Waals surface area (Å²) in [4.78, 5) is 24.7. The van der Waals surface area contributed by atoms with Crippen molar-refractivity contribution in [2.24, 2.45) is 0 Å². The number of aliphatic carboxylic acids is 1. The Bertz CT molecular complexity index is 490. The quantitative estimate of drug-likeness (QED) is 0.897. The van der Waals surface area contributed by atoms with Crippen LogP contribution in [0.4, 0.5) is 4.79 Å². The zero-order valence-electron chi connectivity index (χ0n) is 11.9. The van der Waals surface area contributed by atoms with E-state index in [0.717, 1.165) is 5.56 Å². The molecule has 0 aromatic heterocycles. The van der Waals surface area contributed by atoms with Crippen molar-refractivity contribution in [1.29, 1.82) is 0 Å². The molecule has 1 aliphatic rings. The summed E-state index contributed by atoms with van der Waals surface area (Å²) in [5.41, 5.74) is 0.861. The highest BCUT2D eigenvalue weighted by molar-refractivity contribution is 5.81. The van der Waals surface area contributed by atoms with Gasteiger partial charge in [-0.2, -0.15) is 0 Å². The van der Waals surface area contributed by atoms with E-state index < -0.39 is 18.1 Å². The van der Waals surface area contributed by atoms with Crippen molar-refractivity contribution in [1.82, 2.24) is 4.90 Å². The molecule has 6 heteroatoms. The average molecular weight is 293 g/mol. The van der Waals surface area contributed by atoms with Crippen LogP contribution >= 0.6 is 0 Å². The van der Waals surface area contributed by atoms with Crippen molar-refractivity contribution in [2.75, 3.05) is 13.7 Å². The summed E-state index contributed by atoms with van der Waals surface area (Å²) in [5.74, 6) is -1.01. The summed E-state index contributed by atoms with van der Waals surface area (Å²) in [6.07, 6.45) is 0.417. The largest absolute Gasteiger partial charge is 0.480 e. The van der Waals surface area contributed by atoms with Crippen molar-refractivity contribution in [3.63, 3.8) is 0 Å². The summed E-state index contributed by atoms with van der Waals surface area (Å²) in [6, 6.07) is 8.19. The Kier molecular flexibility index (Phi) is 5.16. The molecule has 0 unspecified atom stereocenters. The van der Waals surface area contributed by atoms with Gasteiger partial charge in [0.2, 0.25) is 0 Å². The molecule has 1 aromatic rings. The van der Waals surface area contributed by atoms with Gasteiger partial charge in [0.15, 0.2) is 0 Å². The molecule has 0 spiro atoms. The SMILES string of the molecule is COC[C@@H]1CC[C@@H](C(=O)O)N1C(=O)OCc1ccccc1. The minimum absolute atomic E-state index is 0.127. The van der Waals surface area contributed by atoms with Gasteiger partial charge in [0, 0.05) is 7.11 Å². The van der Waals surface area contributed by atoms with Gasteiger partial charge >= 0.3 is 12.1 Å². The molecule has 114 valence electrons. The van der Waals surface area contributed by atoms with E-state index in [9.17, 15) is 14.7 Å². The Hall–Kier alpha value is -2.08. The van der Waals surface area contributed by atoms with Gasteiger partial charge in [-0.15, -0.1) is 0 Å². The number of rotatable bonds is 5. The zero-order valence-corrected chi connectivity index (χ0v) is 11.9. The van der Waals surface area contributed by atoms with Gasteiger partial charge in [-0.1, -0.05) is 30.3 Å². The Labute approximate surface area is 123 Å². The number of ether oxygens (including phenoxy) is 2. The fraction of sp³-hybridized carbons (Fsp3) is 0.467. The summed E-state index contributed by atoms with van der Waals surface area (Å²) < 4.78 is 10.3. The van der Waals surface area contributed by atoms with Crippen LogP contribution < -0.4 is 0 Å². The van der Waals surface area contributed by atoms with Crippen LogP contribution in [0, 0.1) is 0 Å². The molecule has 1 saturated heterocycles. The fourth-order valence-electron chi connectivity index (χ4n) is 2.55. The predicted molar refractivity (Wildman–Crippen MR) is 74.8 cm³/mol. The molecule has 2 atom stereocenters. The lowest BCUT2D eigenvalue weighted by atomic mass is 10.2. The number of methoxy groups -OCH3 is 1. The van der Waals surface area contributed by atoms with Crippen LogP contribution in [0.2, 0.25) is 0 Å². The van der Waals surface area contributed by atoms with Gasteiger partial charge in [-0.25, -0.2) is 9.59 Å². The topological polar surface area (TPSA) is 76.1 Å². The number of amides is 1. The van der Waals surface area contributed by atoms with E-state index in [1.165, 1.54) is 12.0 Å². The number of hydrogen-bond donors (Lipinski definition) is 1. The second kappa shape index (κ2) is 7.08. The molecule has 1 amide bonds. The van der Waals surface area contributed by atoms with Crippen molar-refractivity contribution < 1.29 is 24.2 Å².